The second-order valence-corrected chi connectivity index (χ2v) is 8.91. The van der Waals surface area contributed by atoms with E-state index in [1.165, 1.54) is 11.3 Å². The molecule has 2 fully saturated rings. The lowest BCUT2D eigenvalue weighted by molar-refractivity contribution is 0.0645. The van der Waals surface area contributed by atoms with Crippen LogP contribution >= 0.6 is 11.3 Å². The Balaban J connectivity index is 1.50. The SMILES string of the molecule is CCN(CC)C(=O)N1CCN(C(=O)c2sc3nc(C4CC4)nc(C)c3c2C)CC1. The summed E-state index contributed by atoms with van der Waals surface area (Å²) in [7, 11) is 0. The van der Waals surface area contributed by atoms with Crippen molar-refractivity contribution in [2.75, 3.05) is 39.3 Å². The summed E-state index contributed by atoms with van der Waals surface area (Å²) in [6.45, 7) is 11.7. The second kappa shape index (κ2) is 7.89. The van der Waals surface area contributed by atoms with Gasteiger partial charge in [0.05, 0.1) is 10.6 Å². The smallest absolute Gasteiger partial charge is 0.320 e. The van der Waals surface area contributed by atoms with E-state index in [1.807, 2.05) is 42.4 Å². The number of carbonyl (C=O) groups excluding carboxylic acids is 2. The summed E-state index contributed by atoms with van der Waals surface area (Å²) in [5.74, 6) is 1.47. The maximum Gasteiger partial charge on any atom is 0.320 e. The van der Waals surface area contributed by atoms with Gasteiger partial charge < -0.3 is 14.7 Å². The highest BCUT2D eigenvalue weighted by Crippen LogP contribution is 2.40. The Morgan fingerprint density at radius 1 is 1.03 bits per heavy atom. The topological polar surface area (TPSA) is 69.6 Å². The third-order valence-corrected chi connectivity index (χ3v) is 7.17. The summed E-state index contributed by atoms with van der Waals surface area (Å²) in [5, 5.41) is 1.03. The molecule has 0 radical (unpaired) electrons. The number of nitrogens with zero attached hydrogens (tertiary/aromatic N) is 5. The van der Waals surface area contributed by atoms with Crippen molar-refractivity contribution < 1.29 is 9.59 Å². The Labute approximate surface area is 175 Å². The molecule has 3 heterocycles. The number of hydrogen-bond donors (Lipinski definition) is 0. The average Bonchev–Trinajstić information content (AvgIpc) is 3.52. The lowest BCUT2D eigenvalue weighted by Crippen LogP contribution is -2.54. The van der Waals surface area contributed by atoms with Crippen molar-refractivity contribution >= 4 is 33.5 Å². The molecule has 2 aromatic rings. The highest BCUT2D eigenvalue weighted by molar-refractivity contribution is 7.20. The summed E-state index contributed by atoms with van der Waals surface area (Å²) < 4.78 is 0. The molecule has 2 aliphatic rings. The molecule has 0 N–H and O–H groups in total. The van der Waals surface area contributed by atoms with Crippen molar-refractivity contribution in [3.63, 3.8) is 0 Å². The van der Waals surface area contributed by atoms with Gasteiger partial charge in [-0.1, -0.05) is 0 Å². The van der Waals surface area contributed by atoms with E-state index < -0.39 is 0 Å². The Hall–Kier alpha value is -2.22. The molecule has 3 amide bonds. The summed E-state index contributed by atoms with van der Waals surface area (Å²) in [4.78, 5) is 42.5. The standard InChI is InChI=1S/C21H29N5O2S/c1-5-24(6-2)21(28)26-11-9-25(10-12-26)20(27)17-13(3)16-14(4)22-18(15-7-8-15)23-19(16)29-17/h15H,5-12H2,1-4H3. The molecule has 156 valence electrons. The first-order chi connectivity index (χ1) is 13.9. The number of aryl methyl sites for hydroxylation is 2. The molecule has 4 rings (SSSR count). The molecule has 29 heavy (non-hydrogen) atoms. The minimum absolute atomic E-state index is 0.0489. The van der Waals surface area contributed by atoms with Gasteiger partial charge in [0, 0.05) is 50.6 Å². The molecule has 1 saturated carbocycles. The van der Waals surface area contributed by atoms with E-state index in [4.69, 9.17) is 9.97 Å². The van der Waals surface area contributed by atoms with Crippen LogP contribution in [0.2, 0.25) is 0 Å². The van der Waals surface area contributed by atoms with E-state index in [1.54, 1.807) is 0 Å². The molecular weight excluding hydrogens is 386 g/mol. The predicted molar refractivity (Wildman–Crippen MR) is 115 cm³/mol. The Morgan fingerprint density at radius 3 is 2.24 bits per heavy atom. The highest BCUT2D eigenvalue weighted by atomic mass is 32.1. The summed E-state index contributed by atoms with van der Waals surface area (Å²) in [5.41, 5.74) is 1.95. The van der Waals surface area contributed by atoms with Crippen LogP contribution in [0.3, 0.4) is 0 Å². The van der Waals surface area contributed by atoms with E-state index in [0.29, 0.717) is 45.2 Å². The minimum atomic E-state index is 0.0489. The fourth-order valence-corrected chi connectivity index (χ4v) is 5.23. The summed E-state index contributed by atoms with van der Waals surface area (Å²) in [6.07, 6.45) is 2.33. The van der Waals surface area contributed by atoms with E-state index in [0.717, 1.165) is 45.0 Å². The molecule has 8 heteroatoms. The van der Waals surface area contributed by atoms with Crippen LogP contribution in [0.25, 0.3) is 10.2 Å². The Bertz CT molecular complexity index is 940. The lowest BCUT2D eigenvalue weighted by atomic mass is 10.1. The molecule has 1 saturated heterocycles. The number of rotatable bonds is 4. The molecular formula is C21H29N5O2S. The zero-order valence-corrected chi connectivity index (χ0v) is 18.5. The lowest BCUT2D eigenvalue weighted by Gasteiger charge is -2.37. The molecule has 1 aliphatic heterocycles. The van der Waals surface area contributed by atoms with Gasteiger partial charge in [-0.2, -0.15) is 0 Å². The van der Waals surface area contributed by atoms with E-state index in [-0.39, 0.29) is 11.9 Å². The van der Waals surface area contributed by atoms with Crippen LogP contribution < -0.4 is 0 Å². The zero-order valence-electron chi connectivity index (χ0n) is 17.7. The van der Waals surface area contributed by atoms with Crippen LogP contribution in [-0.4, -0.2) is 75.9 Å². The fourth-order valence-electron chi connectivity index (χ4n) is 4.03. The van der Waals surface area contributed by atoms with Crippen molar-refractivity contribution in [1.29, 1.82) is 0 Å². The van der Waals surface area contributed by atoms with Crippen LogP contribution in [0.15, 0.2) is 0 Å². The largest absolute Gasteiger partial charge is 0.334 e. The number of piperazine rings is 1. The third-order valence-electron chi connectivity index (χ3n) is 6.00. The second-order valence-electron chi connectivity index (χ2n) is 7.91. The molecule has 2 aromatic heterocycles. The van der Waals surface area contributed by atoms with Crippen LogP contribution in [0.1, 0.15) is 59.4 Å². The summed E-state index contributed by atoms with van der Waals surface area (Å²) >= 11 is 1.49. The quantitative estimate of drug-likeness (QED) is 0.767. The van der Waals surface area contributed by atoms with Crippen molar-refractivity contribution in [3.8, 4) is 0 Å². The van der Waals surface area contributed by atoms with E-state index in [9.17, 15) is 9.59 Å². The number of urea groups is 1. The molecule has 0 aromatic carbocycles. The number of hydrogen-bond acceptors (Lipinski definition) is 5. The fraction of sp³-hybridized carbons (Fsp3) is 0.619. The third kappa shape index (κ3) is 3.70. The predicted octanol–water partition coefficient (Wildman–Crippen LogP) is 3.41. The highest BCUT2D eigenvalue weighted by Gasteiger charge is 2.31. The number of fused-ring (bicyclic) bond motifs is 1. The maximum absolute atomic E-state index is 13.2. The van der Waals surface area contributed by atoms with Gasteiger partial charge in [0.1, 0.15) is 10.7 Å². The Kier molecular flexibility index (Phi) is 5.46. The molecule has 0 bridgehead atoms. The van der Waals surface area contributed by atoms with Gasteiger partial charge in [-0.05, 0) is 46.1 Å². The van der Waals surface area contributed by atoms with E-state index >= 15 is 0 Å². The monoisotopic (exact) mass is 415 g/mol. The van der Waals surface area contributed by atoms with Crippen molar-refractivity contribution in [2.24, 2.45) is 0 Å². The van der Waals surface area contributed by atoms with Crippen LogP contribution in [0.4, 0.5) is 4.79 Å². The van der Waals surface area contributed by atoms with Gasteiger partial charge in [-0.15, -0.1) is 11.3 Å². The Morgan fingerprint density at radius 2 is 1.66 bits per heavy atom. The number of thiophene rings is 1. The van der Waals surface area contributed by atoms with E-state index in [2.05, 4.69) is 0 Å². The number of amides is 3. The van der Waals surface area contributed by atoms with Gasteiger partial charge in [0.15, 0.2) is 0 Å². The minimum Gasteiger partial charge on any atom is -0.334 e. The van der Waals surface area contributed by atoms with Crippen LogP contribution in [0, 0.1) is 13.8 Å². The number of aromatic nitrogens is 2. The van der Waals surface area contributed by atoms with Gasteiger partial charge >= 0.3 is 6.03 Å². The van der Waals surface area contributed by atoms with Gasteiger partial charge in [-0.25, -0.2) is 14.8 Å². The first-order valence-corrected chi connectivity index (χ1v) is 11.4. The van der Waals surface area contributed by atoms with Gasteiger partial charge in [0.25, 0.3) is 5.91 Å². The average molecular weight is 416 g/mol. The molecule has 0 unspecified atom stereocenters. The molecule has 0 spiro atoms. The van der Waals surface area contributed by atoms with Gasteiger partial charge in [0.2, 0.25) is 0 Å². The molecule has 1 aliphatic carbocycles. The molecule has 7 nitrogen and oxygen atoms in total. The summed E-state index contributed by atoms with van der Waals surface area (Å²) in [6, 6.07) is 0.0682. The first kappa shape index (κ1) is 20.1. The first-order valence-electron chi connectivity index (χ1n) is 10.5. The van der Waals surface area contributed by atoms with Crippen LogP contribution in [0.5, 0.6) is 0 Å². The van der Waals surface area contributed by atoms with Crippen molar-refractivity contribution in [3.05, 3.63) is 22.0 Å². The zero-order chi connectivity index (χ0) is 20.7. The van der Waals surface area contributed by atoms with Crippen molar-refractivity contribution in [1.82, 2.24) is 24.7 Å². The van der Waals surface area contributed by atoms with Gasteiger partial charge in [-0.3, -0.25) is 4.79 Å². The molecule has 0 atom stereocenters. The van der Waals surface area contributed by atoms with Crippen molar-refractivity contribution in [2.45, 2.75) is 46.5 Å². The van der Waals surface area contributed by atoms with Crippen LogP contribution in [-0.2, 0) is 0 Å². The maximum atomic E-state index is 13.2. The normalized spacial score (nSPS) is 17.1. The number of carbonyl (C=O) groups is 2.